The summed E-state index contributed by atoms with van der Waals surface area (Å²) < 4.78 is 5.49. The standard InChI is InChI=1S/C14H27NO3/c1-3-5-6-12(4-2)10-15-7-8-18-13(11-15)9-14(16)17/h12-13H,3-11H2,1-2H3,(H,16,17). The van der Waals surface area contributed by atoms with Crippen molar-refractivity contribution in [2.24, 2.45) is 5.92 Å². The molecule has 0 saturated carbocycles. The fourth-order valence-electron chi connectivity index (χ4n) is 2.55. The highest BCUT2D eigenvalue weighted by molar-refractivity contribution is 5.67. The van der Waals surface area contributed by atoms with Crippen molar-refractivity contribution in [1.82, 2.24) is 4.90 Å². The maximum atomic E-state index is 10.7. The molecule has 1 rings (SSSR count). The number of carboxylic acids is 1. The van der Waals surface area contributed by atoms with Gasteiger partial charge in [0, 0.05) is 19.6 Å². The monoisotopic (exact) mass is 257 g/mol. The summed E-state index contributed by atoms with van der Waals surface area (Å²) in [6, 6.07) is 0. The number of ether oxygens (including phenoxy) is 1. The van der Waals surface area contributed by atoms with Crippen molar-refractivity contribution in [2.75, 3.05) is 26.2 Å². The van der Waals surface area contributed by atoms with E-state index >= 15 is 0 Å². The number of nitrogens with zero attached hydrogens (tertiary/aromatic N) is 1. The Balaban J connectivity index is 2.33. The second-order valence-corrected chi connectivity index (χ2v) is 5.27. The molecule has 0 amide bonds. The molecule has 1 aliphatic heterocycles. The molecule has 0 spiro atoms. The van der Waals surface area contributed by atoms with E-state index in [2.05, 4.69) is 18.7 Å². The molecule has 0 bridgehead atoms. The van der Waals surface area contributed by atoms with E-state index in [1.807, 2.05) is 0 Å². The molecule has 1 heterocycles. The van der Waals surface area contributed by atoms with Gasteiger partial charge in [0.2, 0.25) is 0 Å². The van der Waals surface area contributed by atoms with Gasteiger partial charge in [0.1, 0.15) is 0 Å². The fraction of sp³-hybridized carbons (Fsp3) is 0.929. The molecule has 1 fully saturated rings. The van der Waals surface area contributed by atoms with Gasteiger partial charge in [-0.05, 0) is 12.3 Å². The van der Waals surface area contributed by atoms with Crippen molar-refractivity contribution < 1.29 is 14.6 Å². The van der Waals surface area contributed by atoms with Crippen LogP contribution < -0.4 is 0 Å². The average Bonchev–Trinajstić information content (AvgIpc) is 2.34. The zero-order chi connectivity index (χ0) is 13.4. The predicted octanol–water partition coefficient (Wildman–Crippen LogP) is 2.38. The van der Waals surface area contributed by atoms with Gasteiger partial charge in [-0.15, -0.1) is 0 Å². The number of hydrogen-bond donors (Lipinski definition) is 1. The lowest BCUT2D eigenvalue weighted by Crippen LogP contribution is -2.45. The summed E-state index contributed by atoms with van der Waals surface area (Å²) in [6.07, 6.45) is 5.04. The molecule has 4 heteroatoms. The van der Waals surface area contributed by atoms with E-state index in [0.29, 0.717) is 6.61 Å². The van der Waals surface area contributed by atoms with E-state index < -0.39 is 5.97 Å². The number of rotatable bonds is 8. The van der Waals surface area contributed by atoms with Crippen LogP contribution in [0.25, 0.3) is 0 Å². The maximum Gasteiger partial charge on any atom is 0.306 e. The van der Waals surface area contributed by atoms with Gasteiger partial charge in [-0.3, -0.25) is 9.69 Å². The lowest BCUT2D eigenvalue weighted by atomic mass is 9.98. The van der Waals surface area contributed by atoms with Crippen LogP contribution in [0, 0.1) is 5.92 Å². The topological polar surface area (TPSA) is 49.8 Å². The Morgan fingerprint density at radius 3 is 2.89 bits per heavy atom. The first-order valence-corrected chi connectivity index (χ1v) is 7.21. The van der Waals surface area contributed by atoms with Gasteiger partial charge in [-0.1, -0.05) is 33.1 Å². The molecule has 0 aromatic rings. The predicted molar refractivity (Wildman–Crippen MR) is 71.7 cm³/mol. The number of unbranched alkanes of at least 4 members (excludes halogenated alkanes) is 1. The molecular formula is C14H27NO3. The van der Waals surface area contributed by atoms with Gasteiger partial charge >= 0.3 is 5.97 Å². The third-order valence-corrected chi connectivity index (χ3v) is 3.68. The minimum atomic E-state index is -0.764. The van der Waals surface area contributed by atoms with Gasteiger partial charge in [-0.2, -0.15) is 0 Å². The van der Waals surface area contributed by atoms with Crippen LogP contribution >= 0.6 is 0 Å². The molecule has 0 aromatic carbocycles. The van der Waals surface area contributed by atoms with E-state index in [1.54, 1.807) is 0 Å². The normalized spacial score (nSPS) is 22.9. The Bertz CT molecular complexity index is 245. The minimum absolute atomic E-state index is 0.125. The molecule has 106 valence electrons. The van der Waals surface area contributed by atoms with Crippen molar-refractivity contribution in [3.8, 4) is 0 Å². The maximum absolute atomic E-state index is 10.7. The number of hydrogen-bond acceptors (Lipinski definition) is 3. The SMILES string of the molecule is CCCCC(CC)CN1CCOC(CC(=O)O)C1. The first kappa shape index (κ1) is 15.4. The highest BCUT2D eigenvalue weighted by Crippen LogP contribution is 2.17. The van der Waals surface area contributed by atoms with Crippen LogP contribution in [0.15, 0.2) is 0 Å². The lowest BCUT2D eigenvalue weighted by molar-refractivity contribution is -0.142. The third-order valence-electron chi connectivity index (χ3n) is 3.68. The van der Waals surface area contributed by atoms with E-state index in [1.165, 1.54) is 25.7 Å². The molecule has 1 aliphatic rings. The van der Waals surface area contributed by atoms with Gasteiger partial charge in [-0.25, -0.2) is 0 Å². The average molecular weight is 257 g/mol. The fourth-order valence-corrected chi connectivity index (χ4v) is 2.55. The molecule has 4 nitrogen and oxygen atoms in total. The molecular weight excluding hydrogens is 230 g/mol. The van der Waals surface area contributed by atoms with Crippen LogP contribution in [-0.4, -0.2) is 48.3 Å². The van der Waals surface area contributed by atoms with Crippen molar-refractivity contribution >= 4 is 5.97 Å². The molecule has 0 radical (unpaired) electrons. The van der Waals surface area contributed by atoms with Gasteiger partial charge in [0.05, 0.1) is 19.1 Å². The van der Waals surface area contributed by atoms with Crippen LogP contribution in [0.3, 0.4) is 0 Å². The first-order chi connectivity index (χ1) is 8.65. The Morgan fingerprint density at radius 2 is 2.28 bits per heavy atom. The van der Waals surface area contributed by atoms with Crippen LogP contribution in [0.4, 0.5) is 0 Å². The summed E-state index contributed by atoms with van der Waals surface area (Å²) in [5, 5.41) is 8.80. The summed E-state index contributed by atoms with van der Waals surface area (Å²) in [4.78, 5) is 13.1. The summed E-state index contributed by atoms with van der Waals surface area (Å²) in [5.41, 5.74) is 0. The summed E-state index contributed by atoms with van der Waals surface area (Å²) in [6.45, 7) is 7.95. The zero-order valence-electron chi connectivity index (χ0n) is 11.7. The number of carbonyl (C=O) groups is 1. The van der Waals surface area contributed by atoms with Crippen LogP contribution in [0.5, 0.6) is 0 Å². The lowest BCUT2D eigenvalue weighted by Gasteiger charge is -2.34. The molecule has 0 aromatic heterocycles. The van der Waals surface area contributed by atoms with Gasteiger partial charge in [0.25, 0.3) is 0 Å². The Kier molecular flexibility index (Phi) is 7.28. The summed E-state index contributed by atoms with van der Waals surface area (Å²) in [5.74, 6) is -0.0200. The minimum Gasteiger partial charge on any atom is -0.481 e. The zero-order valence-corrected chi connectivity index (χ0v) is 11.7. The molecule has 18 heavy (non-hydrogen) atoms. The largest absolute Gasteiger partial charge is 0.481 e. The van der Waals surface area contributed by atoms with Crippen LogP contribution in [0.1, 0.15) is 46.0 Å². The Labute approximate surface area is 110 Å². The number of aliphatic carboxylic acids is 1. The summed E-state index contributed by atoms with van der Waals surface area (Å²) >= 11 is 0. The Morgan fingerprint density at radius 1 is 1.50 bits per heavy atom. The van der Waals surface area contributed by atoms with E-state index in [-0.39, 0.29) is 12.5 Å². The highest BCUT2D eigenvalue weighted by atomic mass is 16.5. The number of morpholine rings is 1. The quantitative estimate of drug-likeness (QED) is 0.725. The molecule has 1 N–H and O–H groups in total. The molecule has 2 unspecified atom stereocenters. The number of carboxylic acid groups (broad SMARTS) is 1. The van der Waals surface area contributed by atoms with Gasteiger partial charge in [0.15, 0.2) is 0 Å². The first-order valence-electron chi connectivity index (χ1n) is 7.21. The van der Waals surface area contributed by atoms with E-state index in [0.717, 1.165) is 25.6 Å². The van der Waals surface area contributed by atoms with Crippen molar-refractivity contribution in [2.45, 2.75) is 52.1 Å². The van der Waals surface area contributed by atoms with Crippen molar-refractivity contribution in [3.05, 3.63) is 0 Å². The van der Waals surface area contributed by atoms with E-state index in [4.69, 9.17) is 9.84 Å². The van der Waals surface area contributed by atoms with Crippen LogP contribution in [0.2, 0.25) is 0 Å². The van der Waals surface area contributed by atoms with Crippen molar-refractivity contribution in [3.63, 3.8) is 0 Å². The highest BCUT2D eigenvalue weighted by Gasteiger charge is 2.24. The summed E-state index contributed by atoms with van der Waals surface area (Å²) in [7, 11) is 0. The van der Waals surface area contributed by atoms with Crippen LogP contribution in [-0.2, 0) is 9.53 Å². The molecule has 1 saturated heterocycles. The molecule has 0 aliphatic carbocycles. The second-order valence-electron chi connectivity index (χ2n) is 5.27. The molecule has 2 atom stereocenters. The third kappa shape index (κ3) is 5.83. The Hall–Kier alpha value is -0.610. The van der Waals surface area contributed by atoms with Crippen molar-refractivity contribution in [1.29, 1.82) is 0 Å². The second kappa shape index (κ2) is 8.48. The van der Waals surface area contributed by atoms with Gasteiger partial charge < -0.3 is 9.84 Å². The smallest absolute Gasteiger partial charge is 0.306 e. The van der Waals surface area contributed by atoms with E-state index in [9.17, 15) is 4.79 Å².